The highest BCUT2D eigenvalue weighted by molar-refractivity contribution is 7.11. The fourth-order valence-corrected chi connectivity index (χ4v) is 2.88. The van der Waals surface area contributed by atoms with E-state index in [-0.39, 0.29) is 5.54 Å². The number of hydrogen-bond acceptors (Lipinski definition) is 4. The molecule has 1 heterocycles. The average molecular weight is 211 g/mol. The van der Waals surface area contributed by atoms with Gasteiger partial charge in [0.05, 0.1) is 5.54 Å². The van der Waals surface area contributed by atoms with Gasteiger partial charge in [-0.15, -0.1) is 11.3 Å². The molecule has 14 heavy (non-hydrogen) atoms. The number of nitrogens with two attached hydrogens (primary N) is 1. The van der Waals surface area contributed by atoms with Gasteiger partial charge in [0.25, 0.3) is 0 Å². The molecule has 1 saturated carbocycles. The Kier molecular flexibility index (Phi) is 2.60. The van der Waals surface area contributed by atoms with Gasteiger partial charge >= 0.3 is 0 Å². The molecule has 1 aromatic rings. The first-order valence-electron chi connectivity index (χ1n) is 4.99. The van der Waals surface area contributed by atoms with E-state index < -0.39 is 0 Å². The quantitative estimate of drug-likeness (QED) is 0.824. The zero-order valence-corrected chi connectivity index (χ0v) is 9.60. The molecule has 1 aromatic heterocycles. The number of hydrogen-bond donors (Lipinski definition) is 1. The van der Waals surface area contributed by atoms with Crippen molar-refractivity contribution in [3.05, 3.63) is 16.1 Å². The number of rotatable bonds is 3. The Balaban J connectivity index is 2.09. The Labute approximate surface area is 88.9 Å². The normalized spacial score (nSPS) is 19.7. The van der Waals surface area contributed by atoms with Crippen LogP contribution in [0.1, 0.15) is 29.1 Å². The van der Waals surface area contributed by atoms with Crippen LogP contribution in [0.5, 0.6) is 0 Å². The minimum absolute atomic E-state index is 0.0881. The Morgan fingerprint density at radius 1 is 1.57 bits per heavy atom. The monoisotopic (exact) mass is 211 g/mol. The Morgan fingerprint density at radius 3 is 2.79 bits per heavy atom. The lowest BCUT2D eigenvalue weighted by molar-refractivity contribution is 0.253. The largest absolute Gasteiger partial charge is 0.319 e. The second-order valence-corrected chi connectivity index (χ2v) is 5.49. The van der Waals surface area contributed by atoms with E-state index in [1.807, 2.05) is 6.20 Å². The summed E-state index contributed by atoms with van der Waals surface area (Å²) >= 11 is 1.77. The van der Waals surface area contributed by atoms with Gasteiger partial charge in [-0.25, -0.2) is 4.98 Å². The minimum atomic E-state index is -0.0881. The summed E-state index contributed by atoms with van der Waals surface area (Å²) in [5, 5.41) is 1.13. The molecule has 0 atom stereocenters. The third-order valence-electron chi connectivity index (χ3n) is 2.70. The summed E-state index contributed by atoms with van der Waals surface area (Å²) < 4.78 is 0. The van der Waals surface area contributed by atoms with Gasteiger partial charge in [-0.05, 0) is 33.4 Å². The molecular weight excluding hydrogens is 194 g/mol. The van der Waals surface area contributed by atoms with Crippen molar-refractivity contribution in [3.8, 4) is 0 Å². The minimum Gasteiger partial charge on any atom is -0.319 e. The molecule has 1 aliphatic carbocycles. The molecule has 1 aliphatic rings. The zero-order valence-electron chi connectivity index (χ0n) is 8.79. The molecule has 0 saturated heterocycles. The third-order valence-corrected chi connectivity index (χ3v) is 3.90. The predicted molar refractivity (Wildman–Crippen MR) is 59.2 cm³/mol. The lowest BCUT2D eigenvalue weighted by atomic mass is 9.78. The second-order valence-electron chi connectivity index (χ2n) is 4.38. The first kappa shape index (κ1) is 10.1. The van der Waals surface area contributed by atoms with Crippen LogP contribution in [-0.4, -0.2) is 24.0 Å². The highest BCUT2D eigenvalue weighted by Gasteiger charge is 2.37. The standard InChI is InChI=1S/C10H17N3S/c1-13(2)7-8-6-12-9(14-8)10(11)4-3-5-10/h6H,3-5,7,11H2,1-2H3. The van der Waals surface area contributed by atoms with Crippen molar-refractivity contribution in [3.63, 3.8) is 0 Å². The summed E-state index contributed by atoms with van der Waals surface area (Å²) in [7, 11) is 4.14. The van der Waals surface area contributed by atoms with Gasteiger partial charge in [-0.3, -0.25) is 0 Å². The van der Waals surface area contributed by atoms with E-state index in [4.69, 9.17) is 5.73 Å². The molecule has 1 fully saturated rings. The van der Waals surface area contributed by atoms with Crippen LogP contribution in [0, 0.1) is 0 Å². The molecule has 0 bridgehead atoms. The summed E-state index contributed by atoms with van der Waals surface area (Å²) in [4.78, 5) is 7.89. The molecule has 0 radical (unpaired) electrons. The van der Waals surface area contributed by atoms with E-state index in [1.54, 1.807) is 11.3 Å². The van der Waals surface area contributed by atoms with Crippen molar-refractivity contribution < 1.29 is 0 Å². The van der Waals surface area contributed by atoms with E-state index in [1.165, 1.54) is 11.3 Å². The molecule has 0 aliphatic heterocycles. The molecule has 4 heteroatoms. The SMILES string of the molecule is CN(C)Cc1cnc(C2(N)CCC2)s1. The van der Waals surface area contributed by atoms with Crippen LogP contribution < -0.4 is 5.73 Å². The van der Waals surface area contributed by atoms with Crippen molar-refractivity contribution in [2.24, 2.45) is 5.73 Å². The molecule has 2 rings (SSSR count). The molecule has 0 aromatic carbocycles. The lowest BCUT2D eigenvalue weighted by Crippen LogP contribution is -2.43. The van der Waals surface area contributed by atoms with Crippen molar-refractivity contribution in [1.82, 2.24) is 9.88 Å². The molecule has 0 spiro atoms. The highest BCUT2D eigenvalue weighted by atomic mass is 32.1. The number of thiazole rings is 1. The van der Waals surface area contributed by atoms with E-state index in [0.29, 0.717) is 0 Å². The summed E-state index contributed by atoms with van der Waals surface area (Å²) in [6, 6.07) is 0. The van der Waals surface area contributed by atoms with Crippen LogP contribution in [0.3, 0.4) is 0 Å². The van der Waals surface area contributed by atoms with Gasteiger partial charge in [0.2, 0.25) is 0 Å². The van der Waals surface area contributed by atoms with Gasteiger partial charge < -0.3 is 10.6 Å². The fourth-order valence-electron chi connectivity index (χ4n) is 1.69. The molecule has 0 amide bonds. The Bertz CT molecular complexity index is 315. The van der Waals surface area contributed by atoms with Crippen LogP contribution >= 0.6 is 11.3 Å². The number of nitrogens with zero attached hydrogens (tertiary/aromatic N) is 2. The molecule has 0 unspecified atom stereocenters. The fraction of sp³-hybridized carbons (Fsp3) is 0.700. The topological polar surface area (TPSA) is 42.2 Å². The first-order chi connectivity index (χ1) is 6.60. The van der Waals surface area contributed by atoms with E-state index in [2.05, 4.69) is 24.0 Å². The van der Waals surface area contributed by atoms with Gasteiger partial charge in [-0.1, -0.05) is 0 Å². The smallest absolute Gasteiger partial charge is 0.113 e. The van der Waals surface area contributed by atoms with Crippen molar-refractivity contribution in [1.29, 1.82) is 0 Å². The van der Waals surface area contributed by atoms with Crippen LogP contribution in [0.4, 0.5) is 0 Å². The van der Waals surface area contributed by atoms with Crippen molar-refractivity contribution in [2.45, 2.75) is 31.3 Å². The lowest BCUT2D eigenvalue weighted by Gasteiger charge is -2.35. The summed E-state index contributed by atoms with van der Waals surface area (Å²) in [5.41, 5.74) is 6.11. The van der Waals surface area contributed by atoms with Crippen molar-refractivity contribution >= 4 is 11.3 Å². The van der Waals surface area contributed by atoms with Gasteiger partial charge in [0.1, 0.15) is 5.01 Å². The molecule has 78 valence electrons. The third kappa shape index (κ3) is 1.82. The summed E-state index contributed by atoms with van der Waals surface area (Å²) in [5.74, 6) is 0. The average Bonchev–Trinajstić information content (AvgIpc) is 2.47. The van der Waals surface area contributed by atoms with E-state index in [0.717, 1.165) is 24.4 Å². The van der Waals surface area contributed by atoms with E-state index in [9.17, 15) is 0 Å². The zero-order chi connectivity index (χ0) is 10.2. The first-order valence-corrected chi connectivity index (χ1v) is 5.81. The Morgan fingerprint density at radius 2 is 2.29 bits per heavy atom. The van der Waals surface area contributed by atoms with Gasteiger partial charge in [-0.2, -0.15) is 0 Å². The maximum atomic E-state index is 6.20. The summed E-state index contributed by atoms with van der Waals surface area (Å²) in [6.45, 7) is 0.966. The van der Waals surface area contributed by atoms with Crippen molar-refractivity contribution in [2.75, 3.05) is 14.1 Å². The maximum absolute atomic E-state index is 6.20. The maximum Gasteiger partial charge on any atom is 0.113 e. The van der Waals surface area contributed by atoms with Crippen LogP contribution in [0.2, 0.25) is 0 Å². The number of aromatic nitrogens is 1. The molecule has 3 nitrogen and oxygen atoms in total. The van der Waals surface area contributed by atoms with Crippen LogP contribution in [-0.2, 0) is 12.1 Å². The second kappa shape index (κ2) is 3.61. The van der Waals surface area contributed by atoms with Gasteiger partial charge in [0.15, 0.2) is 0 Å². The van der Waals surface area contributed by atoms with E-state index >= 15 is 0 Å². The highest BCUT2D eigenvalue weighted by Crippen LogP contribution is 2.40. The predicted octanol–water partition coefficient (Wildman–Crippen LogP) is 1.54. The van der Waals surface area contributed by atoms with Gasteiger partial charge in [0, 0.05) is 17.6 Å². The Hall–Kier alpha value is -0.450. The molecular formula is C10H17N3S. The van der Waals surface area contributed by atoms with Crippen LogP contribution in [0.25, 0.3) is 0 Å². The molecule has 2 N–H and O–H groups in total. The van der Waals surface area contributed by atoms with Crippen LogP contribution in [0.15, 0.2) is 6.20 Å². The summed E-state index contributed by atoms with van der Waals surface area (Å²) in [6.07, 6.45) is 5.41.